The van der Waals surface area contributed by atoms with Gasteiger partial charge in [-0.1, -0.05) is 12.8 Å². The summed E-state index contributed by atoms with van der Waals surface area (Å²) in [5, 5.41) is 15.0. The molecule has 1 aliphatic rings. The van der Waals surface area contributed by atoms with Gasteiger partial charge in [-0.15, -0.1) is 0 Å². The molecule has 135 valence electrons. The van der Waals surface area contributed by atoms with Gasteiger partial charge in [0, 0.05) is 44.1 Å². The molecule has 1 saturated carbocycles. The van der Waals surface area contributed by atoms with Crippen molar-refractivity contribution >= 4 is 18.0 Å². The summed E-state index contributed by atoms with van der Waals surface area (Å²) in [6.45, 7) is 4.83. The summed E-state index contributed by atoms with van der Waals surface area (Å²) in [5.74, 6) is -0.987. The number of rotatable bonds is 7. The van der Waals surface area contributed by atoms with Gasteiger partial charge in [0.25, 0.3) is 5.91 Å². The minimum atomic E-state index is -1.47. The van der Waals surface area contributed by atoms with E-state index in [4.69, 9.17) is 4.74 Å². The van der Waals surface area contributed by atoms with Crippen LogP contribution in [-0.4, -0.2) is 54.5 Å². The van der Waals surface area contributed by atoms with E-state index >= 15 is 0 Å². The number of carbonyl (C=O) groups excluding carboxylic acids is 3. The monoisotopic (exact) mass is 557 g/mol. The predicted octanol–water partition coefficient (Wildman–Crippen LogP) is 0.330. The Morgan fingerprint density at radius 1 is 1.25 bits per heavy atom. The Morgan fingerprint density at radius 2 is 1.83 bits per heavy atom. The summed E-state index contributed by atoms with van der Waals surface area (Å²) in [7, 11) is 1.20. The molecule has 1 radical (unpaired) electrons. The molecule has 1 aliphatic carbocycles. The van der Waals surface area contributed by atoms with Gasteiger partial charge < -0.3 is 25.2 Å². The fourth-order valence-electron chi connectivity index (χ4n) is 1.96. The number of hydrogen-bond donors (Lipinski definition) is 3. The van der Waals surface area contributed by atoms with Crippen molar-refractivity contribution in [2.45, 2.75) is 57.8 Å². The molecule has 1 fully saturated rings. The van der Waals surface area contributed by atoms with Crippen LogP contribution < -0.4 is 10.6 Å². The van der Waals surface area contributed by atoms with E-state index in [-0.39, 0.29) is 50.6 Å². The first-order chi connectivity index (χ1) is 10.6. The number of alkyl carbamates (subject to hydrolysis) is 1. The molecule has 0 saturated heterocycles. The smallest absolute Gasteiger partial charge is 0.407 e. The van der Waals surface area contributed by atoms with Crippen LogP contribution in [0, 0.1) is 50.0 Å². The van der Waals surface area contributed by atoms with Gasteiger partial charge >= 0.3 is 12.1 Å². The minimum Gasteiger partial charge on any atom is -0.468 e. The number of methoxy groups -OCH3 is 1. The Morgan fingerprint density at radius 3 is 2.29 bits per heavy atom. The molecule has 0 aromatic rings. The van der Waals surface area contributed by atoms with E-state index in [1.54, 1.807) is 20.8 Å². The molecule has 0 spiro atoms. The fourth-order valence-corrected chi connectivity index (χ4v) is 1.96. The van der Waals surface area contributed by atoms with Crippen molar-refractivity contribution in [2.75, 3.05) is 13.7 Å². The molecule has 0 heterocycles. The van der Waals surface area contributed by atoms with Gasteiger partial charge in [0.15, 0.2) is 6.10 Å². The van der Waals surface area contributed by atoms with E-state index in [1.165, 1.54) is 7.11 Å². The zero-order valence-electron chi connectivity index (χ0n) is 14.6. The zero-order valence-corrected chi connectivity index (χ0v) is 19.4. The van der Waals surface area contributed by atoms with Gasteiger partial charge in [-0.05, 0) is 33.1 Å². The second-order valence-electron chi connectivity index (χ2n) is 6.67. The second-order valence-corrected chi connectivity index (χ2v) is 6.67. The number of carbonyl (C=O) groups is 3. The number of aliphatic hydroxyl groups is 1. The molecule has 2 amide bonds. The van der Waals surface area contributed by atoms with Gasteiger partial charge in [-0.2, -0.15) is 0 Å². The maximum Gasteiger partial charge on any atom is 0.407 e. The van der Waals surface area contributed by atoms with Crippen LogP contribution in [0.3, 0.4) is 0 Å². The second kappa shape index (κ2) is 10.6. The Hall–Kier alpha value is -0.388. The average Bonchev–Trinajstić information content (AvgIpc) is 3.24. The van der Waals surface area contributed by atoms with Crippen LogP contribution in [0.5, 0.6) is 0 Å². The topological polar surface area (TPSA) is 114 Å². The van der Waals surface area contributed by atoms with E-state index < -0.39 is 35.7 Å². The normalized spacial score (nSPS) is 16.2. The van der Waals surface area contributed by atoms with Crippen LogP contribution in [0.25, 0.3) is 0 Å². The predicted molar refractivity (Wildman–Crippen MR) is 81.5 cm³/mol. The molecular formula is C15H26AcN2O6. The number of amides is 2. The van der Waals surface area contributed by atoms with Crippen LogP contribution >= 0.6 is 0 Å². The molecule has 3 N–H and O–H groups in total. The minimum absolute atomic E-state index is 0. The van der Waals surface area contributed by atoms with Gasteiger partial charge in [-0.25, -0.2) is 4.79 Å². The third-order valence-corrected chi connectivity index (χ3v) is 3.27. The van der Waals surface area contributed by atoms with Crippen molar-refractivity contribution in [2.24, 2.45) is 5.92 Å². The number of aliphatic hydroxyl groups excluding tert-OH is 1. The molecule has 1 rings (SSSR count). The molecule has 0 aromatic heterocycles. The van der Waals surface area contributed by atoms with E-state index in [1.807, 2.05) is 0 Å². The van der Waals surface area contributed by atoms with Gasteiger partial charge in [0.1, 0.15) is 12.1 Å². The Kier molecular flexibility index (Phi) is 10.4. The molecule has 8 nitrogen and oxygen atoms in total. The fraction of sp³-hybridized carbons (Fsp3) is 0.800. The Labute approximate surface area is 178 Å². The van der Waals surface area contributed by atoms with Crippen molar-refractivity contribution < 1.29 is 73.0 Å². The van der Waals surface area contributed by atoms with E-state index in [9.17, 15) is 19.5 Å². The standard InChI is InChI=1S/C15H26N2O6.Ac/c1-15(2,3)23-14(21)17-10(7-9-5-6-9)12(19)13(20)16-8-11(18)22-4;/h9-10,12,19H,5-8H2,1-4H3,(H,16,20)(H,17,21);. The molecule has 9 heteroatoms. The maximum atomic E-state index is 11.9. The van der Waals surface area contributed by atoms with Crippen molar-refractivity contribution in [1.82, 2.24) is 10.6 Å². The maximum absolute atomic E-state index is 11.9. The van der Waals surface area contributed by atoms with Crippen LogP contribution in [0.15, 0.2) is 0 Å². The molecule has 0 aliphatic heterocycles. The molecular weight excluding hydrogens is 531 g/mol. The number of ether oxygens (including phenoxy) is 2. The van der Waals surface area contributed by atoms with Crippen molar-refractivity contribution in [3.8, 4) is 0 Å². The number of esters is 1. The zero-order chi connectivity index (χ0) is 17.6. The third kappa shape index (κ3) is 9.80. The Bertz CT molecular complexity index is 448. The summed E-state index contributed by atoms with van der Waals surface area (Å²) in [6, 6.07) is -0.769. The summed E-state index contributed by atoms with van der Waals surface area (Å²) in [4.78, 5) is 34.8. The first-order valence-corrected chi connectivity index (χ1v) is 7.64. The van der Waals surface area contributed by atoms with E-state index in [2.05, 4.69) is 15.4 Å². The van der Waals surface area contributed by atoms with E-state index in [0.717, 1.165) is 12.8 Å². The van der Waals surface area contributed by atoms with Crippen molar-refractivity contribution in [1.29, 1.82) is 0 Å². The molecule has 0 bridgehead atoms. The quantitative estimate of drug-likeness (QED) is 0.389. The molecule has 24 heavy (non-hydrogen) atoms. The summed E-state index contributed by atoms with van der Waals surface area (Å²) < 4.78 is 9.56. The Balaban J connectivity index is 0.00000529. The number of nitrogens with one attached hydrogen (secondary N) is 2. The average molecular weight is 557 g/mol. The van der Waals surface area contributed by atoms with Crippen LogP contribution in [-0.2, 0) is 19.1 Å². The van der Waals surface area contributed by atoms with Crippen LogP contribution in [0.1, 0.15) is 40.0 Å². The van der Waals surface area contributed by atoms with E-state index in [0.29, 0.717) is 12.3 Å². The first-order valence-electron chi connectivity index (χ1n) is 7.64. The first kappa shape index (κ1) is 23.6. The van der Waals surface area contributed by atoms with Crippen LogP contribution in [0.4, 0.5) is 4.79 Å². The van der Waals surface area contributed by atoms with Gasteiger partial charge in [0.2, 0.25) is 0 Å². The van der Waals surface area contributed by atoms with Crippen molar-refractivity contribution in [3.05, 3.63) is 0 Å². The van der Waals surface area contributed by atoms with Crippen molar-refractivity contribution in [3.63, 3.8) is 0 Å². The largest absolute Gasteiger partial charge is 0.468 e. The molecule has 2 atom stereocenters. The van der Waals surface area contributed by atoms with Crippen LogP contribution in [0.2, 0.25) is 0 Å². The summed E-state index contributed by atoms with van der Waals surface area (Å²) in [6.07, 6.45) is 0.327. The third-order valence-electron chi connectivity index (χ3n) is 3.27. The summed E-state index contributed by atoms with van der Waals surface area (Å²) in [5.41, 5.74) is -0.674. The number of hydrogen-bond acceptors (Lipinski definition) is 6. The summed E-state index contributed by atoms with van der Waals surface area (Å²) >= 11 is 0. The molecule has 2 unspecified atom stereocenters. The van der Waals surface area contributed by atoms with Gasteiger partial charge in [0.05, 0.1) is 13.2 Å². The SMILES string of the molecule is COC(=O)CNC(=O)C(O)C(CC1CC1)NC(=O)OC(C)(C)C.[Ac]. The van der Waals surface area contributed by atoms with Gasteiger partial charge in [-0.3, -0.25) is 9.59 Å². The molecule has 0 aromatic carbocycles.